The molecule has 2 heterocycles. The van der Waals surface area contributed by atoms with E-state index >= 15 is 0 Å². The molecule has 2 rings (SSSR count). The van der Waals surface area contributed by atoms with Crippen LogP contribution in [0.3, 0.4) is 0 Å². The van der Waals surface area contributed by atoms with E-state index in [1.54, 1.807) is 9.80 Å². The van der Waals surface area contributed by atoms with Crippen molar-refractivity contribution in [2.24, 2.45) is 11.8 Å². The van der Waals surface area contributed by atoms with Gasteiger partial charge >= 0.3 is 12.2 Å². The molecule has 8 heteroatoms. The van der Waals surface area contributed by atoms with Crippen molar-refractivity contribution in [1.82, 2.24) is 9.80 Å². The molecule has 8 nitrogen and oxygen atoms in total. The Labute approximate surface area is 142 Å². The Kier molecular flexibility index (Phi) is 9.14. The maximum Gasteiger partial charge on any atom is 0.409 e. The van der Waals surface area contributed by atoms with E-state index < -0.39 is 0 Å². The number of hydrogen-bond donors (Lipinski definition) is 1. The van der Waals surface area contributed by atoms with Gasteiger partial charge in [-0.1, -0.05) is 0 Å². The number of amides is 2. The van der Waals surface area contributed by atoms with Gasteiger partial charge in [0.25, 0.3) is 0 Å². The monoisotopic (exact) mass is 344 g/mol. The van der Waals surface area contributed by atoms with Crippen molar-refractivity contribution >= 4 is 18.5 Å². The number of methoxy groups -OCH3 is 2. The van der Waals surface area contributed by atoms with Crippen molar-refractivity contribution in [2.75, 3.05) is 47.0 Å². The summed E-state index contributed by atoms with van der Waals surface area (Å²) in [4.78, 5) is 35.7. The number of aliphatic hydroxyl groups is 1. The van der Waals surface area contributed by atoms with Crippen molar-refractivity contribution in [3.8, 4) is 0 Å². The van der Waals surface area contributed by atoms with Crippen LogP contribution in [0.5, 0.6) is 0 Å². The van der Waals surface area contributed by atoms with Gasteiger partial charge in [-0.05, 0) is 31.6 Å². The van der Waals surface area contributed by atoms with Gasteiger partial charge in [0.1, 0.15) is 6.29 Å². The maximum atomic E-state index is 11.1. The first kappa shape index (κ1) is 20.2. The van der Waals surface area contributed by atoms with Crippen LogP contribution >= 0.6 is 0 Å². The highest BCUT2D eigenvalue weighted by Gasteiger charge is 2.24. The van der Waals surface area contributed by atoms with Crippen LogP contribution in [0.2, 0.25) is 0 Å². The van der Waals surface area contributed by atoms with E-state index in [0.717, 1.165) is 38.5 Å². The first-order valence-electron chi connectivity index (χ1n) is 8.27. The number of nitrogens with zero attached hydrogens (tertiary/aromatic N) is 2. The average Bonchev–Trinajstić information content (AvgIpc) is 2.67. The van der Waals surface area contributed by atoms with Crippen molar-refractivity contribution in [3.05, 3.63) is 0 Å². The lowest BCUT2D eigenvalue weighted by molar-refractivity contribution is -0.112. The van der Waals surface area contributed by atoms with E-state index in [2.05, 4.69) is 9.47 Å². The molecule has 0 radical (unpaired) electrons. The van der Waals surface area contributed by atoms with Crippen LogP contribution in [0.1, 0.15) is 25.7 Å². The third-order valence-electron chi connectivity index (χ3n) is 4.29. The second-order valence-electron chi connectivity index (χ2n) is 6.06. The van der Waals surface area contributed by atoms with Gasteiger partial charge < -0.3 is 29.2 Å². The zero-order valence-electron chi connectivity index (χ0n) is 14.5. The minimum Gasteiger partial charge on any atom is -0.453 e. The van der Waals surface area contributed by atoms with Crippen molar-refractivity contribution in [2.45, 2.75) is 25.7 Å². The molecule has 0 aromatic heterocycles. The summed E-state index contributed by atoms with van der Waals surface area (Å²) < 4.78 is 9.14. The predicted octanol–water partition coefficient (Wildman–Crippen LogP) is 1.12. The molecule has 2 aliphatic heterocycles. The fraction of sp³-hybridized carbons (Fsp3) is 0.812. The number of ether oxygens (including phenoxy) is 2. The Morgan fingerprint density at radius 3 is 2.08 bits per heavy atom. The fourth-order valence-corrected chi connectivity index (χ4v) is 2.92. The number of aldehydes is 1. The van der Waals surface area contributed by atoms with Gasteiger partial charge in [-0.15, -0.1) is 0 Å². The highest BCUT2D eigenvalue weighted by atomic mass is 16.5. The number of piperidine rings is 2. The highest BCUT2D eigenvalue weighted by Crippen LogP contribution is 2.16. The molecule has 24 heavy (non-hydrogen) atoms. The summed E-state index contributed by atoms with van der Waals surface area (Å²) in [5.41, 5.74) is 0. The normalized spacial score (nSPS) is 23.6. The molecule has 2 amide bonds. The second-order valence-corrected chi connectivity index (χ2v) is 6.06. The summed E-state index contributed by atoms with van der Waals surface area (Å²) in [5, 5.41) is 8.88. The number of carbonyl (C=O) groups excluding carboxylic acids is 3. The van der Waals surface area contributed by atoms with Crippen LogP contribution in [0.4, 0.5) is 9.59 Å². The molecular formula is C16H28N2O6. The van der Waals surface area contributed by atoms with Gasteiger partial charge in [-0.25, -0.2) is 9.59 Å². The molecule has 2 saturated heterocycles. The summed E-state index contributed by atoms with van der Waals surface area (Å²) in [5.74, 6) is 0.232. The zero-order valence-corrected chi connectivity index (χ0v) is 14.5. The van der Waals surface area contributed by atoms with Crippen molar-refractivity contribution in [3.63, 3.8) is 0 Å². The Hall–Kier alpha value is -1.83. The number of aliphatic hydroxyl groups excluding tert-OH is 1. The molecule has 2 atom stereocenters. The molecule has 0 saturated carbocycles. The molecule has 0 spiro atoms. The molecule has 138 valence electrons. The van der Waals surface area contributed by atoms with Crippen LogP contribution in [0, 0.1) is 11.8 Å². The van der Waals surface area contributed by atoms with Gasteiger partial charge in [-0.2, -0.15) is 0 Å². The van der Waals surface area contributed by atoms with E-state index in [0.29, 0.717) is 19.6 Å². The van der Waals surface area contributed by atoms with Gasteiger partial charge in [0.15, 0.2) is 0 Å². The van der Waals surface area contributed by atoms with Crippen LogP contribution < -0.4 is 0 Å². The van der Waals surface area contributed by atoms with Crippen molar-refractivity contribution < 1.29 is 29.0 Å². The quantitative estimate of drug-likeness (QED) is 0.754. The Balaban J connectivity index is 0.000000240. The van der Waals surface area contributed by atoms with Gasteiger partial charge in [0, 0.05) is 38.7 Å². The molecule has 0 aromatic rings. The summed E-state index contributed by atoms with van der Waals surface area (Å²) in [7, 11) is 2.73. The highest BCUT2D eigenvalue weighted by molar-refractivity contribution is 5.68. The molecule has 0 bridgehead atoms. The van der Waals surface area contributed by atoms with Crippen LogP contribution in [-0.2, 0) is 14.3 Å². The van der Waals surface area contributed by atoms with E-state index in [9.17, 15) is 14.4 Å². The molecule has 0 aliphatic carbocycles. The van der Waals surface area contributed by atoms with E-state index in [-0.39, 0.29) is 30.6 Å². The Morgan fingerprint density at radius 2 is 1.58 bits per heavy atom. The lowest BCUT2D eigenvalue weighted by atomic mass is 10.00. The SMILES string of the molecule is COC(=O)N1CCCC(C=O)C1.COC(=O)N1CCCC(CO)C1. The van der Waals surface area contributed by atoms with Crippen LogP contribution in [0.15, 0.2) is 0 Å². The van der Waals surface area contributed by atoms with Crippen LogP contribution in [0.25, 0.3) is 0 Å². The summed E-state index contributed by atoms with van der Waals surface area (Å²) in [6.07, 6.45) is 4.03. The third-order valence-corrected chi connectivity index (χ3v) is 4.29. The van der Waals surface area contributed by atoms with Gasteiger partial charge in [0.2, 0.25) is 0 Å². The first-order chi connectivity index (χ1) is 11.5. The molecule has 2 unspecified atom stereocenters. The van der Waals surface area contributed by atoms with E-state index in [1.807, 2.05) is 0 Å². The molecule has 0 aromatic carbocycles. The zero-order chi connectivity index (χ0) is 17.9. The fourth-order valence-electron chi connectivity index (χ4n) is 2.92. The standard InChI is InChI=1S/C8H15NO3.C8H13NO3/c2*1-12-8(11)9-4-2-3-7(5-9)6-10/h7,10H,2-6H2,1H3;6-7H,2-5H2,1H3. The average molecular weight is 344 g/mol. The second kappa shape index (κ2) is 10.9. The maximum absolute atomic E-state index is 11.1. The first-order valence-corrected chi connectivity index (χ1v) is 8.27. The molecular weight excluding hydrogens is 316 g/mol. The topological polar surface area (TPSA) is 96.4 Å². The minimum atomic E-state index is -0.332. The number of rotatable bonds is 2. The smallest absolute Gasteiger partial charge is 0.409 e. The van der Waals surface area contributed by atoms with Gasteiger partial charge in [-0.3, -0.25) is 0 Å². The van der Waals surface area contributed by atoms with Crippen LogP contribution in [-0.4, -0.2) is 80.4 Å². The summed E-state index contributed by atoms with van der Waals surface area (Å²) in [6.45, 7) is 2.76. The Bertz CT molecular complexity index is 417. The predicted molar refractivity (Wildman–Crippen MR) is 86.6 cm³/mol. The number of carbonyl (C=O) groups is 3. The number of likely N-dealkylation sites (tertiary alicyclic amines) is 2. The summed E-state index contributed by atoms with van der Waals surface area (Å²) in [6, 6.07) is 0. The van der Waals surface area contributed by atoms with Crippen molar-refractivity contribution in [1.29, 1.82) is 0 Å². The largest absolute Gasteiger partial charge is 0.453 e. The molecule has 2 aliphatic rings. The Morgan fingerprint density at radius 1 is 1.04 bits per heavy atom. The third kappa shape index (κ3) is 6.35. The minimum absolute atomic E-state index is 0.00199. The van der Waals surface area contributed by atoms with E-state index in [4.69, 9.17) is 5.11 Å². The van der Waals surface area contributed by atoms with Gasteiger partial charge in [0.05, 0.1) is 14.2 Å². The molecule has 2 fully saturated rings. The number of hydrogen-bond acceptors (Lipinski definition) is 6. The molecule has 1 N–H and O–H groups in total. The summed E-state index contributed by atoms with van der Waals surface area (Å²) >= 11 is 0. The van der Waals surface area contributed by atoms with E-state index in [1.165, 1.54) is 14.2 Å². The lowest BCUT2D eigenvalue weighted by Gasteiger charge is -2.30. The lowest BCUT2D eigenvalue weighted by Crippen LogP contribution is -2.40.